The molecular formula is C11H12N2OS. The van der Waals surface area contributed by atoms with Crippen molar-refractivity contribution < 1.29 is 4.74 Å². The van der Waals surface area contributed by atoms with Crippen LogP contribution in [0.15, 0.2) is 29.6 Å². The van der Waals surface area contributed by atoms with Crippen molar-refractivity contribution >= 4 is 11.3 Å². The van der Waals surface area contributed by atoms with Crippen LogP contribution in [0.25, 0.3) is 11.3 Å². The quantitative estimate of drug-likeness (QED) is 0.863. The molecule has 3 nitrogen and oxygen atoms in total. The molecule has 0 aliphatic rings. The van der Waals surface area contributed by atoms with Gasteiger partial charge in [-0.05, 0) is 12.1 Å². The number of hydrogen-bond acceptors (Lipinski definition) is 4. The Labute approximate surface area is 92.5 Å². The van der Waals surface area contributed by atoms with Gasteiger partial charge in [0.05, 0.1) is 12.8 Å². The minimum atomic E-state index is 0.495. The third-order valence-electron chi connectivity index (χ3n) is 2.09. The Hall–Kier alpha value is -1.39. The second-order valence-corrected chi connectivity index (χ2v) is 4.01. The van der Waals surface area contributed by atoms with E-state index in [0.717, 1.165) is 22.0 Å². The molecule has 0 fully saturated rings. The summed E-state index contributed by atoms with van der Waals surface area (Å²) in [5, 5.41) is 2.96. The molecule has 0 unspecified atom stereocenters. The van der Waals surface area contributed by atoms with E-state index < -0.39 is 0 Å². The smallest absolute Gasteiger partial charge is 0.119 e. The molecular weight excluding hydrogens is 208 g/mol. The van der Waals surface area contributed by atoms with Crippen LogP contribution in [-0.2, 0) is 6.54 Å². The van der Waals surface area contributed by atoms with Gasteiger partial charge in [-0.3, -0.25) is 0 Å². The van der Waals surface area contributed by atoms with Gasteiger partial charge in [0, 0.05) is 17.5 Å². The zero-order valence-electron chi connectivity index (χ0n) is 8.43. The Bertz CT molecular complexity index is 453. The van der Waals surface area contributed by atoms with E-state index in [-0.39, 0.29) is 0 Å². The molecule has 1 heterocycles. The van der Waals surface area contributed by atoms with Gasteiger partial charge in [0.1, 0.15) is 10.8 Å². The van der Waals surface area contributed by atoms with Crippen molar-refractivity contribution in [3.05, 3.63) is 34.7 Å². The Kier molecular flexibility index (Phi) is 2.99. The summed E-state index contributed by atoms with van der Waals surface area (Å²) in [4.78, 5) is 4.41. The summed E-state index contributed by atoms with van der Waals surface area (Å²) in [6.07, 6.45) is 0. The largest absolute Gasteiger partial charge is 0.497 e. The van der Waals surface area contributed by atoms with Crippen molar-refractivity contribution in [3.63, 3.8) is 0 Å². The molecule has 78 valence electrons. The third kappa shape index (κ3) is 2.16. The molecule has 2 N–H and O–H groups in total. The molecule has 2 rings (SSSR count). The SMILES string of the molecule is COc1cccc(-c2csc(CN)n2)c1. The molecule has 1 aromatic heterocycles. The van der Waals surface area contributed by atoms with Crippen molar-refractivity contribution in [2.75, 3.05) is 7.11 Å². The lowest BCUT2D eigenvalue weighted by Crippen LogP contribution is -1.94. The van der Waals surface area contributed by atoms with E-state index in [1.165, 1.54) is 0 Å². The summed E-state index contributed by atoms with van der Waals surface area (Å²) in [6.45, 7) is 0.495. The van der Waals surface area contributed by atoms with Crippen LogP contribution in [0, 0.1) is 0 Å². The van der Waals surface area contributed by atoms with Crippen LogP contribution in [0.5, 0.6) is 5.75 Å². The highest BCUT2D eigenvalue weighted by atomic mass is 32.1. The highest BCUT2D eigenvalue weighted by molar-refractivity contribution is 7.09. The predicted molar refractivity (Wildman–Crippen MR) is 62.0 cm³/mol. The molecule has 0 saturated heterocycles. The van der Waals surface area contributed by atoms with Crippen LogP contribution < -0.4 is 10.5 Å². The maximum absolute atomic E-state index is 5.52. The van der Waals surface area contributed by atoms with Gasteiger partial charge in [0.15, 0.2) is 0 Å². The Morgan fingerprint density at radius 1 is 1.47 bits per heavy atom. The van der Waals surface area contributed by atoms with Crippen LogP contribution in [0.2, 0.25) is 0 Å². The number of thiazole rings is 1. The van der Waals surface area contributed by atoms with Crippen LogP contribution in [0.1, 0.15) is 5.01 Å². The van der Waals surface area contributed by atoms with Gasteiger partial charge in [-0.2, -0.15) is 0 Å². The van der Waals surface area contributed by atoms with Gasteiger partial charge in [0.2, 0.25) is 0 Å². The number of hydrogen-bond donors (Lipinski definition) is 1. The summed E-state index contributed by atoms with van der Waals surface area (Å²) < 4.78 is 5.16. The lowest BCUT2D eigenvalue weighted by atomic mass is 10.2. The molecule has 0 atom stereocenters. The van der Waals surface area contributed by atoms with Crippen molar-refractivity contribution in [1.29, 1.82) is 0 Å². The summed E-state index contributed by atoms with van der Waals surface area (Å²) in [7, 11) is 1.66. The number of rotatable bonds is 3. The summed E-state index contributed by atoms with van der Waals surface area (Å²) in [6, 6.07) is 7.85. The first kappa shape index (κ1) is 10.1. The average Bonchev–Trinajstić information content (AvgIpc) is 2.78. The van der Waals surface area contributed by atoms with E-state index in [4.69, 9.17) is 10.5 Å². The highest BCUT2D eigenvalue weighted by Gasteiger charge is 2.03. The van der Waals surface area contributed by atoms with E-state index in [0.29, 0.717) is 6.54 Å². The van der Waals surface area contributed by atoms with E-state index in [1.807, 2.05) is 29.6 Å². The average molecular weight is 220 g/mol. The fourth-order valence-electron chi connectivity index (χ4n) is 1.32. The molecule has 0 aliphatic carbocycles. The minimum absolute atomic E-state index is 0.495. The van der Waals surface area contributed by atoms with Crippen LogP contribution in [0.3, 0.4) is 0 Å². The number of nitrogens with two attached hydrogens (primary N) is 1. The molecule has 0 saturated carbocycles. The molecule has 0 bridgehead atoms. The molecule has 15 heavy (non-hydrogen) atoms. The van der Waals surface area contributed by atoms with Crippen molar-refractivity contribution in [1.82, 2.24) is 4.98 Å². The molecule has 1 aromatic carbocycles. The van der Waals surface area contributed by atoms with Gasteiger partial charge in [-0.15, -0.1) is 11.3 Å². The number of ether oxygens (including phenoxy) is 1. The molecule has 0 aliphatic heterocycles. The lowest BCUT2D eigenvalue weighted by Gasteiger charge is -2.01. The van der Waals surface area contributed by atoms with Crippen LogP contribution in [0.4, 0.5) is 0 Å². The molecule has 0 spiro atoms. The van der Waals surface area contributed by atoms with Crippen molar-refractivity contribution in [2.45, 2.75) is 6.54 Å². The zero-order valence-corrected chi connectivity index (χ0v) is 9.25. The van der Waals surface area contributed by atoms with E-state index in [9.17, 15) is 0 Å². The van der Waals surface area contributed by atoms with Crippen LogP contribution in [-0.4, -0.2) is 12.1 Å². The van der Waals surface area contributed by atoms with Gasteiger partial charge in [-0.25, -0.2) is 4.98 Å². The number of methoxy groups -OCH3 is 1. The third-order valence-corrected chi connectivity index (χ3v) is 2.96. The second-order valence-electron chi connectivity index (χ2n) is 3.06. The normalized spacial score (nSPS) is 10.3. The first-order valence-electron chi connectivity index (χ1n) is 4.62. The van der Waals surface area contributed by atoms with E-state index in [2.05, 4.69) is 4.98 Å². The first-order chi connectivity index (χ1) is 7.33. The highest BCUT2D eigenvalue weighted by Crippen LogP contribution is 2.24. The summed E-state index contributed by atoms with van der Waals surface area (Å²) in [5.41, 5.74) is 7.54. The van der Waals surface area contributed by atoms with E-state index >= 15 is 0 Å². The molecule has 0 amide bonds. The number of nitrogens with zero attached hydrogens (tertiary/aromatic N) is 1. The van der Waals surface area contributed by atoms with Gasteiger partial charge < -0.3 is 10.5 Å². The van der Waals surface area contributed by atoms with Gasteiger partial charge in [0.25, 0.3) is 0 Å². The molecule has 2 aromatic rings. The standard InChI is InChI=1S/C11H12N2OS/c1-14-9-4-2-3-8(5-9)10-7-15-11(6-12)13-10/h2-5,7H,6,12H2,1H3. The topological polar surface area (TPSA) is 48.1 Å². The Morgan fingerprint density at radius 2 is 2.33 bits per heavy atom. The Morgan fingerprint density at radius 3 is 3.00 bits per heavy atom. The summed E-state index contributed by atoms with van der Waals surface area (Å²) >= 11 is 1.58. The van der Waals surface area contributed by atoms with Gasteiger partial charge in [-0.1, -0.05) is 12.1 Å². The number of aromatic nitrogens is 1. The monoisotopic (exact) mass is 220 g/mol. The molecule has 4 heteroatoms. The van der Waals surface area contributed by atoms with E-state index in [1.54, 1.807) is 18.4 Å². The van der Waals surface area contributed by atoms with Crippen molar-refractivity contribution in [2.24, 2.45) is 5.73 Å². The van der Waals surface area contributed by atoms with Gasteiger partial charge >= 0.3 is 0 Å². The van der Waals surface area contributed by atoms with Crippen LogP contribution >= 0.6 is 11.3 Å². The number of benzene rings is 1. The first-order valence-corrected chi connectivity index (χ1v) is 5.50. The molecule has 0 radical (unpaired) electrons. The fourth-order valence-corrected chi connectivity index (χ4v) is 2.00. The minimum Gasteiger partial charge on any atom is -0.497 e. The predicted octanol–water partition coefficient (Wildman–Crippen LogP) is 2.28. The summed E-state index contributed by atoms with van der Waals surface area (Å²) in [5.74, 6) is 0.842. The second kappa shape index (κ2) is 4.42. The van der Waals surface area contributed by atoms with Crippen molar-refractivity contribution in [3.8, 4) is 17.0 Å². The maximum atomic E-state index is 5.52. The fraction of sp³-hybridized carbons (Fsp3) is 0.182. The lowest BCUT2D eigenvalue weighted by molar-refractivity contribution is 0.415. The zero-order chi connectivity index (χ0) is 10.7. The maximum Gasteiger partial charge on any atom is 0.119 e. The Balaban J connectivity index is 2.35.